The van der Waals surface area contributed by atoms with Crippen LogP contribution in [0.1, 0.15) is 219 Å². The first kappa shape index (κ1) is 110. The minimum Gasteiger partial charge on any atom is -0.386 e. The van der Waals surface area contributed by atoms with Gasteiger partial charge in [-0.15, -0.1) is 45.3 Å². The van der Waals surface area contributed by atoms with Gasteiger partial charge in [-0.05, 0) is 261 Å². The molecule has 8 fully saturated rings. The largest absolute Gasteiger partial charge is 0.433 e. The number of nitrogens with zero attached hydrogens (tertiary/aromatic N) is 11. The van der Waals surface area contributed by atoms with Crippen molar-refractivity contribution in [3.8, 4) is 45.3 Å². The van der Waals surface area contributed by atoms with Crippen LogP contribution in [0.2, 0.25) is 0 Å². The zero-order chi connectivity index (χ0) is 106. The number of amides is 8. The number of aliphatic hydroxyl groups is 1. The second-order valence-corrected chi connectivity index (χ2v) is 44.3. The molecule has 14 heterocycles. The summed E-state index contributed by atoms with van der Waals surface area (Å²) in [6, 6.07) is 30.9. The number of para-hydroxylation sites is 3. The highest BCUT2D eigenvalue weighted by atomic mass is 32.1. The van der Waals surface area contributed by atoms with Gasteiger partial charge in [-0.2, -0.15) is 13.2 Å². The van der Waals surface area contributed by atoms with Crippen LogP contribution < -0.4 is 42.5 Å². The lowest BCUT2D eigenvalue weighted by Crippen LogP contribution is -2.56. The molecule has 7 aromatic heterocycles. The van der Waals surface area contributed by atoms with Crippen LogP contribution >= 0.6 is 45.3 Å². The highest BCUT2D eigenvalue weighted by Crippen LogP contribution is 2.47. The van der Waals surface area contributed by atoms with Crippen LogP contribution in [-0.2, 0) is 64.3 Å². The molecule has 12 atom stereocenters. The van der Waals surface area contributed by atoms with Crippen molar-refractivity contribution < 1.29 is 79.9 Å². The molecule has 1 saturated carbocycles. The number of hydrogen-bond acceptors (Lipinski definition) is 29. The van der Waals surface area contributed by atoms with Gasteiger partial charge in [-0.25, -0.2) is 24.9 Å². The third-order valence-corrected chi connectivity index (χ3v) is 34.4. The van der Waals surface area contributed by atoms with E-state index in [1.807, 2.05) is 105 Å². The molecule has 20 rings (SSSR count). The molecule has 800 valence electrons. The summed E-state index contributed by atoms with van der Waals surface area (Å²) in [6.07, 6.45) is 11.8. The Morgan fingerprint density at radius 2 is 0.687 bits per heavy atom. The average molecular weight is 2130 g/mol. The lowest BCUT2D eigenvalue weighted by atomic mass is 9.83. The number of nitrogens with one attached hydrogen (secondary N) is 8. The molecule has 9 N–H and O–H groups in total. The fourth-order valence-electron chi connectivity index (χ4n) is 21.4. The number of thiazole rings is 4. The molecule has 8 amide bonds. The number of halogens is 3. The Kier molecular flexibility index (Phi) is 36.5. The summed E-state index contributed by atoms with van der Waals surface area (Å²) in [7, 11) is 6.93. The molecule has 40 heteroatoms. The Labute approximate surface area is 886 Å². The van der Waals surface area contributed by atoms with E-state index in [0.717, 1.165) is 184 Å². The molecule has 0 spiro atoms. The Balaban J connectivity index is 0.000000136. The van der Waals surface area contributed by atoms with Gasteiger partial charge < -0.3 is 90.5 Å². The van der Waals surface area contributed by atoms with Gasteiger partial charge in [0.25, 0.3) is 0 Å². The maximum atomic E-state index is 14.1. The lowest BCUT2D eigenvalue weighted by molar-refractivity contribution is -0.141. The third-order valence-electron chi connectivity index (χ3n) is 30.6. The summed E-state index contributed by atoms with van der Waals surface area (Å²) in [5.41, 5.74) is 6.13. The van der Waals surface area contributed by atoms with Crippen LogP contribution in [0.15, 0.2) is 146 Å². The van der Waals surface area contributed by atoms with Gasteiger partial charge in [-0.3, -0.25) is 38.4 Å². The van der Waals surface area contributed by atoms with Crippen molar-refractivity contribution in [2.75, 3.05) is 94.0 Å². The van der Waals surface area contributed by atoms with Crippen molar-refractivity contribution in [3.05, 3.63) is 168 Å². The van der Waals surface area contributed by atoms with Gasteiger partial charge in [0.1, 0.15) is 72.7 Å². The van der Waals surface area contributed by atoms with E-state index in [4.69, 9.17) is 43.2 Å². The Morgan fingerprint density at radius 1 is 0.373 bits per heavy atom. The summed E-state index contributed by atoms with van der Waals surface area (Å²) in [5.74, 6) is -0.664. The fourth-order valence-corrected chi connectivity index (χ4v) is 25.2. The highest BCUT2D eigenvalue weighted by molar-refractivity contribution is 7.11. The SMILES string of the molecule is CN[C@@H](C)C(=O)N[C@H](C(=O)N1CCC[C@H]1c1nc(-c2cc(C(C)(C)O)cc3ccccc23)cs1)C1CCOCC1.CN[C@@H](C)C(=O)N[C@H](C(=O)N1CCC[C@H]1c1nc(-c2cc(C(F)(F)F)nc3ccccc23)cs1)C1CCOCC1.CN[C@@H](C)C(=O)N[C@H](C(=O)N1CCC[C@H]1c1nc(-c2noc3ccccc23)cs1)C1CCCCC1.CN[C@@H](C)C(=O)N[C@H](C(=O)N1CCC[C@H]1c1nc(-c2noc3ccccc23)cs1)C1CCOCC1. The third kappa shape index (κ3) is 25.3. The molecule has 7 aliphatic heterocycles. The van der Waals surface area contributed by atoms with Crippen LogP contribution in [0.4, 0.5) is 13.2 Å². The smallest absolute Gasteiger partial charge is 0.386 e. The Morgan fingerprint density at radius 3 is 1.04 bits per heavy atom. The van der Waals surface area contributed by atoms with Gasteiger partial charge in [0.2, 0.25) is 47.3 Å². The zero-order valence-corrected chi connectivity index (χ0v) is 89.7. The van der Waals surface area contributed by atoms with Crippen molar-refractivity contribution in [1.29, 1.82) is 0 Å². The number of likely N-dealkylation sites (N-methyl/N-ethyl adjacent to an activating group) is 4. The molecule has 33 nitrogen and oxygen atoms in total. The molecular weight excluding hydrogens is 2000 g/mol. The predicted molar refractivity (Wildman–Crippen MR) is 572 cm³/mol. The average Bonchev–Trinajstić information content (AvgIpc) is 1.53. The Hall–Kier alpha value is -11.5. The first-order valence-corrected chi connectivity index (χ1v) is 56.1. The van der Waals surface area contributed by atoms with Gasteiger partial charge in [0.15, 0.2) is 11.2 Å². The number of aromatic nitrogens is 7. The van der Waals surface area contributed by atoms with E-state index >= 15 is 0 Å². The molecule has 12 aromatic rings. The molecular formula is C110H136F3N19O14S4. The second-order valence-electron chi connectivity index (χ2n) is 40.7. The first-order chi connectivity index (χ1) is 72.5. The minimum atomic E-state index is -4.60. The van der Waals surface area contributed by atoms with E-state index in [1.165, 1.54) is 17.8 Å². The standard InChI is InChI=1S/C31H40N4O4S.C28H32F3N5O3S.C26H33N5O3S.C25H31N5O4S/c1-19(32-4)28(36)34-27(20-11-14-39-15-12-20)30(37)35-13-7-10-26(35)29-33-25(18-40-29)24-17-22(31(2,3)38)16-21-8-5-6-9-23(21)24;1-16(32-2)25(37)35-24(17-9-12-39-13-10-17)27(38)36-11-5-8-22(36)26-34-21(15-40-26)19-14-23(28(29,30)31)33-20-7-4-3-6-18(19)20;1-16(27-2)24(32)29-22(17-9-4-3-5-10-17)26(33)31-14-8-12-20(31)25-28-19(15-35-25)23-18-11-6-7-13-21(18)34-30-23;1-15(26-2)23(31)28-21(16-9-12-33-13-10-16)25(32)30-11-5-7-19(30)24-27-18(14-35-24)22-17-6-3-4-8-20(17)34-29-22/h5-6,8-9,16-20,26-27,32,38H,7,10-15H2,1-4H3,(H,34,36);3-4,6-7,14-17,22,24,32H,5,8-13H2,1-2H3,(H,35,37);6-7,11,13,15-17,20,22,27H,3-5,8-10,12,14H2,1-2H3,(H,29,32);3-4,6,8,14-16,19,21,26H,5,7,9-13H2,1-2H3,(H,28,31)/t19-,26-,27-;16-,22-,24-;16-,20-,22-;15-,19-,21-/m0000/s1. The molecule has 8 aliphatic rings. The van der Waals surface area contributed by atoms with Gasteiger partial charge >= 0.3 is 6.18 Å². The number of alkyl halides is 3. The van der Waals surface area contributed by atoms with Crippen molar-refractivity contribution >= 4 is 136 Å². The van der Waals surface area contributed by atoms with E-state index in [0.29, 0.717) is 112 Å². The van der Waals surface area contributed by atoms with Crippen LogP contribution in [0.3, 0.4) is 0 Å². The van der Waals surface area contributed by atoms with Crippen molar-refractivity contribution in [1.82, 2.24) is 97.4 Å². The maximum Gasteiger partial charge on any atom is 0.433 e. The van der Waals surface area contributed by atoms with E-state index in [1.54, 1.807) is 131 Å². The summed E-state index contributed by atoms with van der Waals surface area (Å²) in [5, 5.41) is 59.0. The number of likely N-dealkylation sites (tertiary alicyclic amines) is 4. The summed E-state index contributed by atoms with van der Waals surface area (Å²) < 4.78 is 68.4. The number of hydrogen-bond donors (Lipinski definition) is 9. The van der Waals surface area contributed by atoms with Gasteiger partial charge in [-0.1, -0.05) is 96.3 Å². The topological polar surface area (TPSA) is 410 Å². The summed E-state index contributed by atoms with van der Waals surface area (Å²) in [6.45, 7) is 16.7. The number of pyridine rings is 1. The molecule has 0 bridgehead atoms. The quantitative estimate of drug-likeness (QED) is 0.0210. The molecule has 0 unspecified atom stereocenters. The minimum absolute atomic E-state index is 0.0275. The van der Waals surface area contributed by atoms with Gasteiger partial charge in [0.05, 0.1) is 81.6 Å². The molecule has 7 saturated heterocycles. The molecule has 1 aliphatic carbocycles. The normalized spacial score (nSPS) is 20.4. The number of ether oxygens (including phenoxy) is 3. The van der Waals surface area contributed by atoms with Crippen LogP contribution in [0.5, 0.6) is 0 Å². The number of rotatable bonds is 29. The van der Waals surface area contributed by atoms with Crippen molar-refractivity contribution in [3.63, 3.8) is 0 Å². The number of carbonyl (C=O) groups excluding carboxylic acids is 8. The fraction of sp³-hybridized carbons (Fsp3) is 0.518. The molecule has 0 radical (unpaired) electrons. The summed E-state index contributed by atoms with van der Waals surface area (Å²) >= 11 is 6.00. The van der Waals surface area contributed by atoms with Crippen molar-refractivity contribution in [2.24, 2.45) is 23.7 Å². The Bertz CT molecular complexity index is 6290. The predicted octanol–water partition coefficient (Wildman–Crippen LogP) is 16.4. The maximum absolute atomic E-state index is 14.1. The highest BCUT2D eigenvalue weighted by Gasteiger charge is 2.47. The van der Waals surface area contributed by atoms with Crippen LogP contribution in [0.25, 0.3) is 88.9 Å². The summed E-state index contributed by atoms with van der Waals surface area (Å²) in [4.78, 5) is 138. The second kappa shape index (κ2) is 49.9. The van der Waals surface area contributed by atoms with Crippen LogP contribution in [-0.4, -0.2) is 250 Å². The van der Waals surface area contributed by atoms with E-state index in [-0.39, 0.29) is 119 Å². The zero-order valence-electron chi connectivity index (χ0n) is 86.5. The lowest BCUT2D eigenvalue weighted by Gasteiger charge is -2.35. The first-order valence-electron chi connectivity index (χ1n) is 52.6. The number of fused-ring (bicyclic) bond motifs is 4. The molecule has 150 heavy (non-hydrogen) atoms. The van der Waals surface area contributed by atoms with Crippen molar-refractivity contribution in [2.45, 2.75) is 248 Å². The van der Waals surface area contributed by atoms with E-state index < -0.39 is 47.7 Å². The molecule has 5 aromatic carbocycles. The van der Waals surface area contributed by atoms with Gasteiger partial charge in [0, 0.05) is 104 Å². The monoisotopic (exact) mass is 2130 g/mol. The van der Waals surface area contributed by atoms with E-state index in [9.17, 15) is 56.6 Å². The number of benzene rings is 5. The number of carbonyl (C=O) groups is 8. The van der Waals surface area contributed by atoms with Crippen LogP contribution in [0, 0.1) is 23.7 Å². The van der Waals surface area contributed by atoms with E-state index in [2.05, 4.69) is 75.3 Å².